The van der Waals surface area contributed by atoms with Crippen molar-refractivity contribution in [1.82, 2.24) is 24.8 Å². The van der Waals surface area contributed by atoms with Gasteiger partial charge in [-0.3, -0.25) is 4.90 Å². The van der Waals surface area contributed by atoms with Gasteiger partial charge in [0.1, 0.15) is 23.2 Å². The number of nitrogens with one attached hydrogen (secondary N) is 1. The van der Waals surface area contributed by atoms with E-state index in [0.717, 1.165) is 32.7 Å². The minimum atomic E-state index is -0.474. The van der Waals surface area contributed by atoms with Crippen molar-refractivity contribution in [3.63, 3.8) is 0 Å². The molecule has 0 spiro atoms. The molecule has 0 unspecified atom stereocenters. The summed E-state index contributed by atoms with van der Waals surface area (Å²) in [5.74, 6) is 0.672. The number of halogens is 2. The summed E-state index contributed by atoms with van der Waals surface area (Å²) in [4.78, 5) is 22.1. The lowest BCUT2D eigenvalue weighted by Gasteiger charge is -2.34. The third-order valence-electron chi connectivity index (χ3n) is 4.65. The molecule has 3 N–H and O–H groups in total. The summed E-state index contributed by atoms with van der Waals surface area (Å²) < 4.78 is 13.4. The van der Waals surface area contributed by atoms with Gasteiger partial charge in [0.15, 0.2) is 5.82 Å². The molecule has 1 aliphatic heterocycles. The van der Waals surface area contributed by atoms with Crippen molar-refractivity contribution in [3.05, 3.63) is 41.6 Å². The molecule has 3 aromatic rings. The highest BCUT2D eigenvalue weighted by molar-refractivity contribution is 6.31. The van der Waals surface area contributed by atoms with Crippen LogP contribution in [0.4, 0.5) is 21.8 Å². The Morgan fingerprint density at radius 2 is 1.96 bits per heavy atom. The molecular formula is C18H20ClFN8. The fourth-order valence-electron chi connectivity index (χ4n) is 3.15. The first kappa shape index (κ1) is 18.7. The molecule has 3 heterocycles. The van der Waals surface area contributed by atoms with Crippen LogP contribution in [-0.4, -0.2) is 64.1 Å². The lowest BCUT2D eigenvalue weighted by Crippen LogP contribution is -2.48. The molecule has 0 amide bonds. The molecule has 1 aliphatic rings. The van der Waals surface area contributed by atoms with Crippen LogP contribution in [0.2, 0.25) is 5.02 Å². The Morgan fingerprint density at radius 3 is 2.71 bits per heavy atom. The molecule has 10 heteroatoms. The highest BCUT2D eigenvalue weighted by atomic mass is 35.5. The summed E-state index contributed by atoms with van der Waals surface area (Å²) in [5.41, 5.74) is 7.46. The van der Waals surface area contributed by atoms with Gasteiger partial charge in [0.25, 0.3) is 0 Å². The average Bonchev–Trinajstić information content (AvgIpc) is 2.72. The molecule has 4 rings (SSSR count). The van der Waals surface area contributed by atoms with Crippen molar-refractivity contribution >= 4 is 40.1 Å². The van der Waals surface area contributed by atoms with E-state index in [1.54, 1.807) is 12.3 Å². The summed E-state index contributed by atoms with van der Waals surface area (Å²) in [6, 6.07) is 4.40. The van der Waals surface area contributed by atoms with Crippen molar-refractivity contribution in [2.24, 2.45) is 5.73 Å². The van der Waals surface area contributed by atoms with Crippen LogP contribution in [0.3, 0.4) is 0 Å². The van der Waals surface area contributed by atoms with E-state index >= 15 is 0 Å². The number of nitrogens with zero attached hydrogens (tertiary/aromatic N) is 6. The van der Waals surface area contributed by atoms with Crippen LogP contribution in [-0.2, 0) is 0 Å². The number of anilines is 3. The van der Waals surface area contributed by atoms with Crippen LogP contribution in [0, 0.1) is 5.82 Å². The smallest absolute Gasteiger partial charge is 0.226 e. The number of hydrogen-bond donors (Lipinski definition) is 2. The van der Waals surface area contributed by atoms with E-state index in [0.29, 0.717) is 35.0 Å². The van der Waals surface area contributed by atoms with Crippen molar-refractivity contribution in [3.8, 4) is 0 Å². The standard InChI is InChI=1S/C18H20ClFN8/c19-13-9-12(1-2-14(13)20)25-17-16-15(23-11-24-17)10-22-18(26-16)28-7-5-27(4-3-21)6-8-28/h1-2,9-11H,3-8,21H2,(H,23,24,25). The normalized spacial score (nSPS) is 15.2. The summed E-state index contributed by atoms with van der Waals surface area (Å²) in [7, 11) is 0. The SMILES string of the molecule is NCCN1CCN(c2ncc3ncnc(Nc4ccc(F)c(Cl)c4)c3n2)CC1. The predicted octanol–water partition coefficient (Wildman–Crippen LogP) is 2.04. The monoisotopic (exact) mass is 402 g/mol. The fourth-order valence-corrected chi connectivity index (χ4v) is 3.33. The number of benzene rings is 1. The zero-order valence-corrected chi connectivity index (χ0v) is 15.9. The Bertz CT molecular complexity index is 977. The first-order chi connectivity index (χ1) is 13.6. The van der Waals surface area contributed by atoms with Gasteiger partial charge in [0.05, 0.1) is 11.2 Å². The molecule has 1 fully saturated rings. The number of piperazine rings is 1. The quantitative estimate of drug-likeness (QED) is 0.669. The van der Waals surface area contributed by atoms with Gasteiger partial charge in [-0.1, -0.05) is 11.6 Å². The number of nitrogens with two attached hydrogens (primary N) is 1. The molecule has 1 aromatic carbocycles. The zero-order chi connectivity index (χ0) is 19.5. The van der Waals surface area contributed by atoms with Gasteiger partial charge in [-0.25, -0.2) is 24.3 Å². The van der Waals surface area contributed by atoms with Gasteiger partial charge in [0.2, 0.25) is 5.95 Å². The Kier molecular flexibility index (Phi) is 5.47. The Labute approximate surface area is 166 Å². The lowest BCUT2D eigenvalue weighted by molar-refractivity contribution is 0.263. The van der Waals surface area contributed by atoms with Crippen molar-refractivity contribution in [2.45, 2.75) is 0 Å². The number of fused-ring (bicyclic) bond motifs is 1. The molecule has 0 bridgehead atoms. The van der Waals surface area contributed by atoms with E-state index in [1.807, 2.05) is 0 Å². The topological polar surface area (TPSA) is 96.1 Å². The molecule has 2 aromatic heterocycles. The van der Waals surface area contributed by atoms with Crippen LogP contribution < -0.4 is 16.0 Å². The first-order valence-corrected chi connectivity index (χ1v) is 9.39. The summed E-state index contributed by atoms with van der Waals surface area (Å²) in [5, 5.41) is 3.17. The van der Waals surface area contributed by atoms with Crippen LogP contribution >= 0.6 is 11.6 Å². The van der Waals surface area contributed by atoms with E-state index in [-0.39, 0.29) is 5.02 Å². The maximum Gasteiger partial charge on any atom is 0.226 e. The van der Waals surface area contributed by atoms with Crippen LogP contribution in [0.15, 0.2) is 30.7 Å². The van der Waals surface area contributed by atoms with Gasteiger partial charge in [-0.05, 0) is 18.2 Å². The maximum atomic E-state index is 13.4. The number of aromatic nitrogens is 4. The van der Waals surface area contributed by atoms with E-state index in [2.05, 4.69) is 35.1 Å². The summed E-state index contributed by atoms with van der Waals surface area (Å²) in [6.07, 6.45) is 3.12. The van der Waals surface area contributed by atoms with Crippen LogP contribution in [0.25, 0.3) is 11.0 Å². The lowest BCUT2D eigenvalue weighted by atomic mass is 10.3. The van der Waals surface area contributed by atoms with Gasteiger partial charge in [0, 0.05) is 45.0 Å². The number of rotatable bonds is 5. The van der Waals surface area contributed by atoms with E-state index < -0.39 is 5.82 Å². The van der Waals surface area contributed by atoms with E-state index in [9.17, 15) is 4.39 Å². The minimum Gasteiger partial charge on any atom is -0.338 e. The molecule has 146 valence electrons. The second-order valence-corrected chi connectivity index (χ2v) is 6.90. The van der Waals surface area contributed by atoms with Crippen molar-refractivity contribution in [2.75, 3.05) is 49.5 Å². The van der Waals surface area contributed by atoms with Gasteiger partial charge < -0.3 is 16.0 Å². The van der Waals surface area contributed by atoms with Gasteiger partial charge >= 0.3 is 0 Å². The third-order valence-corrected chi connectivity index (χ3v) is 4.94. The molecule has 0 saturated carbocycles. The highest BCUT2D eigenvalue weighted by Crippen LogP contribution is 2.25. The molecule has 8 nitrogen and oxygen atoms in total. The summed E-state index contributed by atoms with van der Waals surface area (Å²) in [6.45, 7) is 5.05. The Morgan fingerprint density at radius 1 is 1.14 bits per heavy atom. The van der Waals surface area contributed by atoms with Gasteiger partial charge in [-0.15, -0.1) is 0 Å². The van der Waals surface area contributed by atoms with Gasteiger partial charge in [-0.2, -0.15) is 0 Å². The Balaban J connectivity index is 1.60. The van der Waals surface area contributed by atoms with Crippen molar-refractivity contribution in [1.29, 1.82) is 0 Å². The summed E-state index contributed by atoms with van der Waals surface area (Å²) >= 11 is 5.87. The minimum absolute atomic E-state index is 0.0361. The average molecular weight is 403 g/mol. The van der Waals surface area contributed by atoms with Crippen LogP contribution in [0.5, 0.6) is 0 Å². The molecule has 0 radical (unpaired) electrons. The second-order valence-electron chi connectivity index (χ2n) is 6.50. The molecular weight excluding hydrogens is 383 g/mol. The second kappa shape index (κ2) is 8.17. The zero-order valence-electron chi connectivity index (χ0n) is 15.1. The maximum absolute atomic E-state index is 13.4. The molecule has 0 atom stereocenters. The largest absolute Gasteiger partial charge is 0.338 e. The molecule has 0 aliphatic carbocycles. The first-order valence-electron chi connectivity index (χ1n) is 9.01. The van der Waals surface area contributed by atoms with Crippen molar-refractivity contribution < 1.29 is 4.39 Å². The highest BCUT2D eigenvalue weighted by Gasteiger charge is 2.19. The molecule has 1 saturated heterocycles. The van der Waals surface area contributed by atoms with E-state index in [1.165, 1.54) is 18.5 Å². The van der Waals surface area contributed by atoms with Crippen LogP contribution in [0.1, 0.15) is 0 Å². The third kappa shape index (κ3) is 3.96. The van der Waals surface area contributed by atoms with E-state index in [4.69, 9.17) is 17.3 Å². The molecule has 28 heavy (non-hydrogen) atoms. The fraction of sp³-hybridized carbons (Fsp3) is 0.333. The predicted molar refractivity (Wildman–Crippen MR) is 108 cm³/mol. The Hall–Kier alpha value is -2.62. The number of hydrogen-bond acceptors (Lipinski definition) is 8.